The number of nitrogens with one attached hydrogen (secondary N) is 1. The third-order valence-electron chi connectivity index (χ3n) is 3.51. The Balaban J connectivity index is 2.14. The van der Waals surface area contributed by atoms with E-state index in [0.717, 1.165) is 0 Å². The Morgan fingerprint density at radius 3 is 2.64 bits per heavy atom. The zero-order valence-electron chi connectivity index (χ0n) is 11.7. The summed E-state index contributed by atoms with van der Waals surface area (Å²) >= 11 is 0. The Labute approximate surface area is 124 Å². The number of carbonyl (C=O) groups is 2. The molecule has 6 nitrogen and oxygen atoms in total. The first kappa shape index (κ1) is 16.2. The molecule has 2 rings (SSSR count). The molecule has 2 atom stereocenters. The topological polar surface area (TPSA) is 88.3 Å². The number of amides is 2. The predicted octanol–water partition coefficient (Wildman–Crippen LogP) is 0.859. The Bertz CT molecular complexity index is 591. The van der Waals surface area contributed by atoms with Crippen molar-refractivity contribution in [3.05, 3.63) is 23.9 Å². The van der Waals surface area contributed by atoms with Crippen molar-refractivity contribution in [1.29, 1.82) is 0 Å². The molecule has 0 aliphatic carbocycles. The maximum absolute atomic E-state index is 13.0. The van der Waals surface area contributed by atoms with Crippen LogP contribution in [0.3, 0.4) is 0 Å². The second kappa shape index (κ2) is 5.91. The van der Waals surface area contributed by atoms with Gasteiger partial charge in [-0.25, -0.2) is 4.98 Å². The van der Waals surface area contributed by atoms with Gasteiger partial charge in [-0.2, -0.15) is 13.2 Å². The van der Waals surface area contributed by atoms with Gasteiger partial charge in [0.25, 0.3) is 5.91 Å². The number of halogens is 3. The summed E-state index contributed by atoms with van der Waals surface area (Å²) in [5.41, 5.74) is 4.99. The van der Waals surface area contributed by atoms with Crippen molar-refractivity contribution in [2.45, 2.75) is 6.18 Å². The number of anilines is 1. The van der Waals surface area contributed by atoms with Crippen LogP contribution in [-0.4, -0.2) is 48.0 Å². The second-order valence-electron chi connectivity index (χ2n) is 5.24. The number of nitrogens with two attached hydrogens (primary N) is 1. The minimum Gasteiger partial charge on any atom is -0.364 e. The summed E-state index contributed by atoms with van der Waals surface area (Å²) in [5, 5.41) is 2.32. The lowest BCUT2D eigenvalue weighted by atomic mass is 9.94. The third kappa shape index (κ3) is 3.53. The van der Waals surface area contributed by atoms with E-state index in [-0.39, 0.29) is 24.6 Å². The highest BCUT2D eigenvalue weighted by Gasteiger charge is 2.51. The zero-order valence-corrected chi connectivity index (χ0v) is 11.7. The average Bonchev–Trinajstić information content (AvgIpc) is 2.81. The minimum atomic E-state index is -4.45. The van der Waals surface area contributed by atoms with Gasteiger partial charge >= 0.3 is 6.18 Å². The SMILES string of the molecule is CN1C[C@@H](C(F)(F)F)[C@H](C(=O)Nc2cccc(C(N)=O)n2)C1. The van der Waals surface area contributed by atoms with Crippen LogP contribution in [0, 0.1) is 11.8 Å². The monoisotopic (exact) mass is 316 g/mol. The van der Waals surface area contributed by atoms with E-state index in [1.54, 1.807) is 0 Å². The molecule has 9 heteroatoms. The Morgan fingerprint density at radius 1 is 1.36 bits per heavy atom. The summed E-state index contributed by atoms with van der Waals surface area (Å²) in [6, 6.07) is 4.16. The van der Waals surface area contributed by atoms with Crippen molar-refractivity contribution >= 4 is 17.6 Å². The van der Waals surface area contributed by atoms with Gasteiger partial charge < -0.3 is 16.0 Å². The zero-order chi connectivity index (χ0) is 16.5. The Kier molecular flexibility index (Phi) is 4.36. The smallest absolute Gasteiger partial charge is 0.364 e. The molecule has 0 radical (unpaired) electrons. The highest BCUT2D eigenvalue weighted by molar-refractivity contribution is 5.94. The van der Waals surface area contributed by atoms with Crippen LogP contribution < -0.4 is 11.1 Å². The summed E-state index contributed by atoms with van der Waals surface area (Å²) in [7, 11) is 1.53. The standard InChI is InChI=1S/C13H15F3N4O2/c1-20-5-7(8(6-20)13(14,15)16)12(22)19-10-4-2-3-9(18-10)11(17)21/h2-4,7-8H,5-6H2,1H3,(H2,17,21)(H,18,19,22)/t7-,8-/m1/s1. The number of primary amides is 1. The number of hydrogen-bond acceptors (Lipinski definition) is 4. The molecular weight excluding hydrogens is 301 g/mol. The van der Waals surface area contributed by atoms with E-state index in [9.17, 15) is 22.8 Å². The number of likely N-dealkylation sites (tertiary alicyclic amines) is 1. The molecule has 1 aromatic rings. The highest BCUT2D eigenvalue weighted by Crippen LogP contribution is 2.37. The Hall–Kier alpha value is -2.16. The van der Waals surface area contributed by atoms with Gasteiger partial charge in [0, 0.05) is 13.1 Å². The molecule has 2 heterocycles. The van der Waals surface area contributed by atoms with Crippen molar-refractivity contribution in [1.82, 2.24) is 9.88 Å². The molecule has 1 saturated heterocycles. The van der Waals surface area contributed by atoms with Crippen LogP contribution in [0.2, 0.25) is 0 Å². The molecule has 0 saturated carbocycles. The van der Waals surface area contributed by atoms with Gasteiger partial charge in [0.1, 0.15) is 11.5 Å². The molecular formula is C13H15F3N4O2. The number of alkyl halides is 3. The first-order chi connectivity index (χ1) is 10.2. The van der Waals surface area contributed by atoms with E-state index in [1.165, 1.54) is 30.1 Å². The summed E-state index contributed by atoms with van der Waals surface area (Å²) in [6.45, 7) is -0.220. The van der Waals surface area contributed by atoms with Crippen LogP contribution in [0.1, 0.15) is 10.5 Å². The van der Waals surface area contributed by atoms with Crippen LogP contribution in [0.4, 0.5) is 19.0 Å². The van der Waals surface area contributed by atoms with Crippen LogP contribution in [0.25, 0.3) is 0 Å². The molecule has 1 aliphatic rings. The van der Waals surface area contributed by atoms with Gasteiger partial charge in [0.2, 0.25) is 5.91 Å². The largest absolute Gasteiger partial charge is 0.393 e. The van der Waals surface area contributed by atoms with Crippen molar-refractivity contribution < 1.29 is 22.8 Å². The third-order valence-corrected chi connectivity index (χ3v) is 3.51. The van der Waals surface area contributed by atoms with E-state index in [4.69, 9.17) is 5.73 Å². The molecule has 0 aromatic carbocycles. The van der Waals surface area contributed by atoms with Gasteiger partial charge in [-0.3, -0.25) is 9.59 Å². The van der Waals surface area contributed by atoms with Gasteiger partial charge in [-0.1, -0.05) is 6.07 Å². The number of pyridine rings is 1. The maximum Gasteiger partial charge on any atom is 0.393 e. The van der Waals surface area contributed by atoms with Crippen molar-refractivity contribution in [2.75, 3.05) is 25.5 Å². The van der Waals surface area contributed by atoms with Crippen molar-refractivity contribution in [2.24, 2.45) is 17.6 Å². The lowest BCUT2D eigenvalue weighted by Gasteiger charge is -2.20. The summed E-state index contributed by atoms with van der Waals surface area (Å²) in [4.78, 5) is 28.4. The number of aromatic nitrogens is 1. The Morgan fingerprint density at radius 2 is 2.05 bits per heavy atom. The van der Waals surface area contributed by atoms with Crippen molar-refractivity contribution in [3.8, 4) is 0 Å². The number of nitrogens with zero attached hydrogens (tertiary/aromatic N) is 2. The fraction of sp³-hybridized carbons (Fsp3) is 0.462. The number of hydrogen-bond donors (Lipinski definition) is 2. The van der Waals surface area contributed by atoms with E-state index >= 15 is 0 Å². The molecule has 0 bridgehead atoms. The maximum atomic E-state index is 13.0. The van der Waals surface area contributed by atoms with Crippen LogP contribution in [0.5, 0.6) is 0 Å². The van der Waals surface area contributed by atoms with E-state index in [1.807, 2.05) is 0 Å². The van der Waals surface area contributed by atoms with E-state index < -0.39 is 29.8 Å². The highest BCUT2D eigenvalue weighted by atomic mass is 19.4. The van der Waals surface area contributed by atoms with E-state index in [0.29, 0.717) is 0 Å². The summed E-state index contributed by atoms with van der Waals surface area (Å²) < 4.78 is 38.9. The molecule has 0 spiro atoms. The molecule has 120 valence electrons. The van der Waals surface area contributed by atoms with Crippen LogP contribution in [-0.2, 0) is 4.79 Å². The first-order valence-corrected chi connectivity index (χ1v) is 6.51. The number of carbonyl (C=O) groups excluding carboxylic acids is 2. The molecule has 2 amide bonds. The van der Waals surface area contributed by atoms with Gasteiger partial charge in [0.15, 0.2) is 0 Å². The molecule has 3 N–H and O–H groups in total. The molecule has 22 heavy (non-hydrogen) atoms. The minimum absolute atomic E-state index is 0.00298. The fourth-order valence-electron chi connectivity index (χ4n) is 2.46. The molecule has 1 aliphatic heterocycles. The molecule has 1 fully saturated rings. The molecule has 1 aromatic heterocycles. The van der Waals surface area contributed by atoms with Crippen molar-refractivity contribution in [3.63, 3.8) is 0 Å². The van der Waals surface area contributed by atoms with Gasteiger partial charge in [-0.15, -0.1) is 0 Å². The van der Waals surface area contributed by atoms with Gasteiger partial charge in [0.05, 0.1) is 11.8 Å². The lowest BCUT2D eigenvalue weighted by Crippen LogP contribution is -2.36. The quantitative estimate of drug-likeness (QED) is 0.865. The van der Waals surface area contributed by atoms with Crippen LogP contribution in [0.15, 0.2) is 18.2 Å². The normalized spacial score (nSPS) is 22.5. The lowest BCUT2D eigenvalue weighted by molar-refractivity contribution is -0.182. The van der Waals surface area contributed by atoms with Gasteiger partial charge in [-0.05, 0) is 19.2 Å². The predicted molar refractivity (Wildman–Crippen MR) is 71.9 cm³/mol. The van der Waals surface area contributed by atoms with Crippen LogP contribution >= 0.6 is 0 Å². The first-order valence-electron chi connectivity index (χ1n) is 6.51. The number of rotatable bonds is 3. The fourth-order valence-corrected chi connectivity index (χ4v) is 2.46. The summed E-state index contributed by atoms with van der Waals surface area (Å²) in [6.07, 6.45) is -4.45. The average molecular weight is 316 g/mol. The second-order valence-corrected chi connectivity index (χ2v) is 5.24. The molecule has 0 unspecified atom stereocenters. The summed E-state index contributed by atoms with van der Waals surface area (Å²) in [5.74, 6) is -4.51. The van der Waals surface area contributed by atoms with E-state index in [2.05, 4.69) is 10.3 Å².